The van der Waals surface area contributed by atoms with E-state index in [1.807, 2.05) is 30.5 Å². The fourth-order valence-electron chi connectivity index (χ4n) is 8.18. The van der Waals surface area contributed by atoms with Crippen molar-refractivity contribution >= 4 is 65.4 Å². The van der Waals surface area contributed by atoms with Crippen LogP contribution in [-0.4, -0.2) is 4.98 Å². The predicted octanol–water partition coefficient (Wildman–Crippen LogP) is 13.9. The molecule has 0 radical (unpaired) electrons. The molecule has 11 aromatic rings. The first-order valence-electron chi connectivity index (χ1n) is 17.6. The summed E-state index contributed by atoms with van der Waals surface area (Å²) in [5.41, 5.74) is 12.5. The number of nitrogens with zero attached hydrogens (tertiary/aromatic N) is 1. The van der Waals surface area contributed by atoms with Crippen molar-refractivity contribution in [2.75, 3.05) is 0 Å². The molecule has 3 aromatic heterocycles. The molecule has 3 heteroatoms. The van der Waals surface area contributed by atoms with Gasteiger partial charge in [-0.25, -0.2) is 0 Å². The van der Waals surface area contributed by atoms with E-state index in [0.717, 1.165) is 60.7 Å². The van der Waals surface area contributed by atoms with Crippen molar-refractivity contribution in [2.24, 2.45) is 0 Å². The molecule has 242 valence electrons. The summed E-state index contributed by atoms with van der Waals surface area (Å²) in [5.74, 6) is 0. The van der Waals surface area contributed by atoms with E-state index in [0.29, 0.717) is 0 Å². The highest BCUT2D eigenvalue weighted by molar-refractivity contribution is 6.26. The third-order valence-corrected chi connectivity index (χ3v) is 10.5. The lowest BCUT2D eigenvalue weighted by molar-refractivity contribution is 0.663. The molecule has 0 amide bonds. The lowest BCUT2D eigenvalue weighted by atomic mass is 9.87. The first kappa shape index (κ1) is 28.8. The standard InChI is InChI=1S/C49H29NO2/c1-2-11-30(12-3-1)34-14-6-7-16-36(34)37-18-10-19-38-41(37)27-31-13-4-5-15-35(31)47(38)33-22-24-42(50-29-33)32-21-23-40-46(28-32)52-45-26-25-44-48(49(40)45)39-17-8-9-20-43(39)51-44/h1-29H. The molecule has 0 aliphatic heterocycles. The molecule has 0 fully saturated rings. The third-order valence-electron chi connectivity index (χ3n) is 10.5. The molecule has 0 bridgehead atoms. The Labute approximate surface area is 299 Å². The zero-order chi connectivity index (χ0) is 34.2. The first-order valence-corrected chi connectivity index (χ1v) is 17.6. The van der Waals surface area contributed by atoms with E-state index < -0.39 is 0 Å². The average Bonchev–Trinajstić information content (AvgIpc) is 3.78. The Morgan fingerprint density at radius 2 is 1.00 bits per heavy atom. The van der Waals surface area contributed by atoms with Crippen molar-refractivity contribution in [3.05, 3.63) is 176 Å². The lowest BCUT2D eigenvalue weighted by Gasteiger charge is -2.17. The second-order valence-electron chi connectivity index (χ2n) is 13.4. The van der Waals surface area contributed by atoms with Crippen molar-refractivity contribution in [1.29, 1.82) is 0 Å². The van der Waals surface area contributed by atoms with E-state index in [9.17, 15) is 0 Å². The zero-order valence-corrected chi connectivity index (χ0v) is 28.0. The Morgan fingerprint density at radius 3 is 1.83 bits per heavy atom. The van der Waals surface area contributed by atoms with E-state index in [1.165, 1.54) is 49.4 Å². The van der Waals surface area contributed by atoms with Crippen LogP contribution in [0.4, 0.5) is 0 Å². The molecule has 11 rings (SSSR count). The van der Waals surface area contributed by atoms with Crippen molar-refractivity contribution in [2.45, 2.75) is 0 Å². The fourth-order valence-corrected chi connectivity index (χ4v) is 8.18. The van der Waals surface area contributed by atoms with E-state index >= 15 is 0 Å². The fraction of sp³-hybridized carbons (Fsp3) is 0. The van der Waals surface area contributed by atoms with Gasteiger partial charge in [-0.2, -0.15) is 0 Å². The van der Waals surface area contributed by atoms with Gasteiger partial charge in [-0.1, -0.05) is 127 Å². The number of rotatable bonds is 4. The minimum atomic E-state index is 0.833. The number of pyridine rings is 1. The van der Waals surface area contributed by atoms with E-state index in [4.69, 9.17) is 13.8 Å². The Hall–Kier alpha value is -6.97. The van der Waals surface area contributed by atoms with Crippen molar-refractivity contribution in [1.82, 2.24) is 4.98 Å². The highest BCUT2D eigenvalue weighted by Gasteiger charge is 2.18. The maximum absolute atomic E-state index is 6.45. The van der Waals surface area contributed by atoms with E-state index in [-0.39, 0.29) is 0 Å². The Balaban J connectivity index is 1.05. The second-order valence-corrected chi connectivity index (χ2v) is 13.4. The summed E-state index contributed by atoms with van der Waals surface area (Å²) >= 11 is 0. The normalized spacial score (nSPS) is 11.8. The smallest absolute Gasteiger partial charge is 0.136 e. The van der Waals surface area contributed by atoms with Gasteiger partial charge in [-0.15, -0.1) is 0 Å². The average molecular weight is 664 g/mol. The van der Waals surface area contributed by atoms with Crippen LogP contribution in [0.3, 0.4) is 0 Å². The van der Waals surface area contributed by atoms with Gasteiger partial charge >= 0.3 is 0 Å². The molecular weight excluding hydrogens is 635 g/mol. The predicted molar refractivity (Wildman–Crippen MR) is 216 cm³/mol. The van der Waals surface area contributed by atoms with Crippen LogP contribution in [0, 0.1) is 0 Å². The number of furan rings is 2. The molecule has 0 saturated heterocycles. The van der Waals surface area contributed by atoms with Crippen LogP contribution >= 0.6 is 0 Å². The third kappa shape index (κ3) is 4.36. The molecule has 8 aromatic carbocycles. The number of hydrogen-bond donors (Lipinski definition) is 0. The van der Waals surface area contributed by atoms with Gasteiger partial charge in [-0.05, 0) is 91.8 Å². The monoisotopic (exact) mass is 663 g/mol. The Morgan fingerprint density at radius 1 is 0.346 bits per heavy atom. The maximum Gasteiger partial charge on any atom is 0.136 e. The quantitative estimate of drug-likeness (QED) is 0.176. The van der Waals surface area contributed by atoms with Gasteiger partial charge in [0.05, 0.1) is 5.69 Å². The van der Waals surface area contributed by atoms with E-state index in [2.05, 4.69) is 146 Å². The van der Waals surface area contributed by atoms with Gasteiger partial charge in [0.2, 0.25) is 0 Å². The van der Waals surface area contributed by atoms with Gasteiger partial charge in [-0.3, -0.25) is 4.98 Å². The first-order chi connectivity index (χ1) is 25.8. The molecule has 0 aliphatic rings. The molecule has 0 atom stereocenters. The largest absolute Gasteiger partial charge is 0.456 e. The van der Waals surface area contributed by atoms with Crippen LogP contribution in [0.25, 0.3) is 110 Å². The molecule has 0 unspecified atom stereocenters. The number of aromatic nitrogens is 1. The molecule has 0 spiro atoms. The Bertz CT molecular complexity index is 3170. The zero-order valence-electron chi connectivity index (χ0n) is 28.0. The molecule has 3 nitrogen and oxygen atoms in total. The summed E-state index contributed by atoms with van der Waals surface area (Å²) in [6.07, 6.45) is 2.02. The van der Waals surface area contributed by atoms with Crippen LogP contribution in [0.15, 0.2) is 185 Å². The van der Waals surface area contributed by atoms with E-state index in [1.54, 1.807) is 0 Å². The molecule has 3 heterocycles. The van der Waals surface area contributed by atoms with Crippen molar-refractivity contribution < 1.29 is 8.83 Å². The highest BCUT2D eigenvalue weighted by Crippen LogP contribution is 2.44. The molecular formula is C49H29NO2. The molecule has 0 saturated carbocycles. The highest BCUT2D eigenvalue weighted by atomic mass is 16.3. The van der Waals surface area contributed by atoms with Crippen LogP contribution in [0.2, 0.25) is 0 Å². The maximum atomic E-state index is 6.45. The summed E-state index contributed by atoms with van der Waals surface area (Å²) in [4.78, 5) is 5.06. The van der Waals surface area contributed by atoms with Crippen LogP contribution in [0.5, 0.6) is 0 Å². The van der Waals surface area contributed by atoms with Crippen molar-refractivity contribution in [3.8, 4) is 44.6 Å². The minimum absolute atomic E-state index is 0.833. The number of hydrogen-bond acceptors (Lipinski definition) is 3. The summed E-state index contributed by atoms with van der Waals surface area (Å²) in [6, 6.07) is 60.0. The summed E-state index contributed by atoms with van der Waals surface area (Å²) in [5, 5.41) is 9.18. The van der Waals surface area contributed by atoms with Gasteiger partial charge in [0, 0.05) is 38.9 Å². The van der Waals surface area contributed by atoms with Gasteiger partial charge in [0.25, 0.3) is 0 Å². The molecule has 0 aliphatic carbocycles. The van der Waals surface area contributed by atoms with Crippen LogP contribution in [0.1, 0.15) is 0 Å². The van der Waals surface area contributed by atoms with Crippen LogP contribution in [-0.2, 0) is 0 Å². The SMILES string of the molecule is c1ccc(-c2ccccc2-c2cccc3c(-c4ccc(-c5ccc6c(c5)oc5ccc7oc8ccccc8c7c56)nc4)c4ccccc4cc23)cc1. The topological polar surface area (TPSA) is 39.2 Å². The number of fused-ring (bicyclic) bond motifs is 9. The minimum Gasteiger partial charge on any atom is -0.456 e. The summed E-state index contributed by atoms with van der Waals surface area (Å²) in [7, 11) is 0. The molecule has 52 heavy (non-hydrogen) atoms. The van der Waals surface area contributed by atoms with Gasteiger partial charge in [0.15, 0.2) is 0 Å². The summed E-state index contributed by atoms with van der Waals surface area (Å²) in [6.45, 7) is 0. The van der Waals surface area contributed by atoms with Gasteiger partial charge in [0.1, 0.15) is 22.3 Å². The lowest BCUT2D eigenvalue weighted by Crippen LogP contribution is -1.91. The van der Waals surface area contributed by atoms with Crippen molar-refractivity contribution in [3.63, 3.8) is 0 Å². The van der Waals surface area contributed by atoms with Crippen LogP contribution < -0.4 is 0 Å². The van der Waals surface area contributed by atoms with Gasteiger partial charge < -0.3 is 8.83 Å². The second kappa shape index (κ2) is 11.3. The number of benzene rings is 8. The Kier molecular flexibility index (Phi) is 6.25. The number of para-hydroxylation sites is 1. The summed E-state index contributed by atoms with van der Waals surface area (Å²) < 4.78 is 12.6. The molecule has 0 N–H and O–H groups in total.